The molecule has 0 aliphatic carbocycles. The molecule has 0 bridgehead atoms. The summed E-state index contributed by atoms with van der Waals surface area (Å²) in [6.45, 7) is 9.45. The molecule has 0 radical (unpaired) electrons. The number of aromatic nitrogens is 3. The molecule has 120 valence electrons. The highest BCUT2D eigenvalue weighted by Crippen LogP contribution is 2.27. The summed E-state index contributed by atoms with van der Waals surface area (Å²) in [5.74, 6) is 1.08. The van der Waals surface area contributed by atoms with Gasteiger partial charge >= 0.3 is 0 Å². The fourth-order valence-corrected chi connectivity index (χ4v) is 3.13. The van der Waals surface area contributed by atoms with Gasteiger partial charge in [0.05, 0.1) is 6.04 Å². The molecule has 7 heteroatoms. The van der Waals surface area contributed by atoms with Gasteiger partial charge in [0.2, 0.25) is 17.8 Å². The Balaban J connectivity index is 0.00000242. The predicted molar refractivity (Wildman–Crippen MR) is 91.4 cm³/mol. The van der Waals surface area contributed by atoms with Crippen LogP contribution in [0.2, 0.25) is 0 Å². The molecule has 2 heterocycles. The summed E-state index contributed by atoms with van der Waals surface area (Å²) in [4.78, 5) is 26.2. The second kappa shape index (κ2) is 7.31. The molecule has 0 aromatic carbocycles. The van der Waals surface area contributed by atoms with E-state index in [1.165, 1.54) is 22.2 Å². The maximum Gasteiger partial charge on any atom is 0.234 e. The topological polar surface area (TPSA) is 79.8 Å². The first-order chi connectivity index (χ1) is 9.85. The maximum absolute atomic E-state index is 11.1. The minimum atomic E-state index is -0.205. The lowest BCUT2D eigenvalue weighted by Crippen LogP contribution is -2.15. The van der Waals surface area contributed by atoms with E-state index in [0.717, 1.165) is 0 Å². The van der Waals surface area contributed by atoms with Crippen molar-refractivity contribution in [3.05, 3.63) is 27.2 Å². The number of rotatable bonds is 4. The predicted octanol–water partition coefficient (Wildman–Crippen LogP) is 3.63. The van der Waals surface area contributed by atoms with Crippen LogP contribution in [0.4, 0.5) is 11.9 Å². The molecule has 1 amide bonds. The Morgan fingerprint density at radius 2 is 1.82 bits per heavy atom. The van der Waals surface area contributed by atoms with Crippen molar-refractivity contribution in [3.63, 3.8) is 0 Å². The summed E-state index contributed by atoms with van der Waals surface area (Å²) in [5, 5.41) is 5.84. The van der Waals surface area contributed by atoms with Crippen molar-refractivity contribution < 1.29 is 4.79 Å². The third kappa shape index (κ3) is 4.49. The van der Waals surface area contributed by atoms with Gasteiger partial charge in [0.1, 0.15) is 5.82 Å². The van der Waals surface area contributed by atoms with Crippen LogP contribution in [-0.2, 0) is 4.79 Å². The van der Waals surface area contributed by atoms with Gasteiger partial charge in [0, 0.05) is 16.7 Å². The van der Waals surface area contributed by atoms with Crippen LogP contribution in [0.1, 0.15) is 48.5 Å². The lowest BCUT2D eigenvalue weighted by atomic mass is 10.1. The average Bonchev–Trinajstić information content (AvgIpc) is 2.66. The van der Waals surface area contributed by atoms with Crippen LogP contribution in [0.15, 0.2) is 6.07 Å². The summed E-state index contributed by atoms with van der Waals surface area (Å²) < 4.78 is 0. The summed E-state index contributed by atoms with van der Waals surface area (Å²) in [6, 6.07) is 2.25. The number of hydrogen-bond acceptors (Lipinski definition) is 6. The third-order valence-electron chi connectivity index (χ3n) is 2.93. The highest BCUT2D eigenvalue weighted by atomic mass is 32.1. The molecule has 0 spiro atoms. The molecule has 1 atom stereocenters. The number of carbonyl (C=O) groups excluding carboxylic acids is 1. The molecular formula is C15H23N5OS. The van der Waals surface area contributed by atoms with Crippen LogP contribution >= 0.6 is 11.3 Å². The number of nitrogens with one attached hydrogen (secondary N) is 2. The molecule has 2 N–H and O–H groups in total. The fourth-order valence-electron chi connectivity index (χ4n) is 2.11. The van der Waals surface area contributed by atoms with E-state index in [9.17, 15) is 4.79 Å². The normalized spacial score (nSPS) is 11.5. The zero-order chi connectivity index (χ0) is 15.6. The Morgan fingerprint density at radius 1 is 1.18 bits per heavy atom. The number of thiophene rings is 1. The van der Waals surface area contributed by atoms with E-state index in [1.54, 1.807) is 18.3 Å². The number of aryl methyl sites for hydroxylation is 3. The number of amides is 1. The van der Waals surface area contributed by atoms with Crippen LogP contribution < -0.4 is 10.6 Å². The largest absolute Gasteiger partial charge is 0.348 e. The van der Waals surface area contributed by atoms with Crippen molar-refractivity contribution in [2.24, 2.45) is 0 Å². The molecular weight excluding hydrogens is 298 g/mol. The van der Waals surface area contributed by atoms with Gasteiger partial charge in [0.25, 0.3) is 0 Å². The first-order valence-corrected chi connectivity index (χ1v) is 7.50. The zero-order valence-corrected chi connectivity index (χ0v) is 13.6. The van der Waals surface area contributed by atoms with Crippen LogP contribution in [-0.4, -0.2) is 20.9 Å². The van der Waals surface area contributed by atoms with Crippen molar-refractivity contribution >= 4 is 29.1 Å². The lowest BCUT2D eigenvalue weighted by molar-refractivity contribution is -0.114. The average molecular weight is 321 g/mol. The van der Waals surface area contributed by atoms with E-state index >= 15 is 0 Å². The minimum absolute atomic E-state index is 0. The van der Waals surface area contributed by atoms with E-state index in [1.807, 2.05) is 0 Å². The molecule has 0 saturated heterocycles. The van der Waals surface area contributed by atoms with Crippen LogP contribution in [0.25, 0.3) is 0 Å². The van der Waals surface area contributed by atoms with Crippen LogP contribution in [0.3, 0.4) is 0 Å². The molecule has 2 aromatic rings. The molecule has 6 nitrogen and oxygen atoms in total. The van der Waals surface area contributed by atoms with Gasteiger partial charge in [0.15, 0.2) is 0 Å². The maximum atomic E-state index is 11.1. The fraction of sp³-hybridized carbons (Fsp3) is 0.467. The molecule has 0 saturated carbocycles. The molecule has 0 aliphatic heterocycles. The number of nitrogens with zero attached hydrogens (tertiary/aromatic N) is 3. The Bertz CT molecular complexity index is 668. The number of carbonyl (C=O) groups is 1. The molecule has 1 unspecified atom stereocenters. The van der Waals surface area contributed by atoms with Crippen molar-refractivity contribution in [2.75, 3.05) is 10.6 Å². The van der Waals surface area contributed by atoms with Gasteiger partial charge in [-0.3, -0.25) is 10.1 Å². The Morgan fingerprint density at radius 3 is 2.36 bits per heavy atom. The van der Waals surface area contributed by atoms with Crippen LogP contribution in [0, 0.1) is 20.8 Å². The second-order valence-corrected chi connectivity index (χ2v) is 6.41. The van der Waals surface area contributed by atoms with Gasteiger partial charge in [-0.2, -0.15) is 15.0 Å². The SMILES string of the molecule is C.CC(=O)Nc1nc(C)nc(NC(C)c2cc(C)sc2C)n1. The smallest absolute Gasteiger partial charge is 0.234 e. The number of anilines is 2. The monoisotopic (exact) mass is 321 g/mol. The van der Waals surface area contributed by atoms with Crippen molar-refractivity contribution in [1.82, 2.24) is 15.0 Å². The molecule has 0 aliphatic rings. The second-order valence-electron chi connectivity index (χ2n) is 4.95. The summed E-state index contributed by atoms with van der Waals surface area (Å²) in [7, 11) is 0. The third-order valence-corrected chi connectivity index (χ3v) is 3.91. The number of hydrogen-bond donors (Lipinski definition) is 2. The van der Waals surface area contributed by atoms with E-state index in [4.69, 9.17) is 0 Å². The summed E-state index contributed by atoms with van der Waals surface area (Å²) in [6.07, 6.45) is 0. The Hall–Kier alpha value is -2.02. The standard InChI is InChI=1S/C14H19N5OS.CH4/c1-7-6-12(9(3)21-7)8(2)15-13-16-10(4)17-14(19-13)18-11(5)20;/h6,8H,1-5H3,(H2,15,16,17,18,19,20);1H4. The van der Waals surface area contributed by atoms with Gasteiger partial charge in [-0.05, 0) is 39.3 Å². The van der Waals surface area contributed by atoms with E-state index < -0.39 is 0 Å². The summed E-state index contributed by atoms with van der Waals surface area (Å²) in [5.41, 5.74) is 1.23. The molecule has 2 rings (SSSR count). The Kier molecular flexibility index (Phi) is 5.99. The van der Waals surface area contributed by atoms with Crippen molar-refractivity contribution in [3.8, 4) is 0 Å². The zero-order valence-electron chi connectivity index (χ0n) is 12.8. The highest BCUT2D eigenvalue weighted by molar-refractivity contribution is 7.12. The van der Waals surface area contributed by atoms with Gasteiger partial charge in [-0.25, -0.2) is 0 Å². The minimum Gasteiger partial charge on any atom is -0.348 e. The van der Waals surface area contributed by atoms with E-state index in [2.05, 4.69) is 52.4 Å². The molecule has 0 fully saturated rings. The van der Waals surface area contributed by atoms with E-state index in [-0.39, 0.29) is 25.3 Å². The lowest BCUT2D eigenvalue weighted by Gasteiger charge is -2.14. The quantitative estimate of drug-likeness (QED) is 0.899. The first-order valence-electron chi connectivity index (χ1n) is 6.69. The Labute approximate surface area is 135 Å². The highest BCUT2D eigenvalue weighted by Gasteiger charge is 2.13. The molecule has 2 aromatic heterocycles. The van der Waals surface area contributed by atoms with Gasteiger partial charge in [-0.1, -0.05) is 7.43 Å². The van der Waals surface area contributed by atoms with Gasteiger partial charge in [-0.15, -0.1) is 11.3 Å². The van der Waals surface area contributed by atoms with Gasteiger partial charge < -0.3 is 5.32 Å². The molecule has 22 heavy (non-hydrogen) atoms. The van der Waals surface area contributed by atoms with E-state index in [0.29, 0.717) is 11.8 Å². The van der Waals surface area contributed by atoms with Crippen molar-refractivity contribution in [1.29, 1.82) is 0 Å². The van der Waals surface area contributed by atoms with Crippen molar-refractivity contribution in [2.45, 2.75) is 48.1 Å². The first kappa shape index (κ1) is 18.0. The summed E-state index contributed by atoms with van der Waals surface area (Å²) >= 11 is 1.77. The van der Waals surface area contributed by atoms with Crippen LogP contribution in [0.5, 0.6) is 0 Å².